The van der Waals surface area contributed by atoms with Crippen molar-refractivity contribution in [3.05, 3.63) is 87.9 Å². The number of rotatable bonds is 1. The van der Waals surface area contributed by atoms with Gasteiger partial charge in [-0.15, -0.1) is 0 Å². The van der Waals surface area contributed by atoms with E-state index in [1.165, 1.54) is 0 Å². The lowest BCUT2D eigenvalue weighted by Gasteiger charge is -2.45. The van der Waals surface area contributed by atoms with Crippen LogP contribution in [-0.4, -0.2) is 18.9 Å². The van der Waals surface area contributed by atoms with Gasteiger partial charge in [-0.05, 0) is 49.4 Å². The first-order valence-electron chi connectivity index (χ1n) is 9.30. The third-order valence-corrected chi connectivity index (χ3v) is 6.12. The van der Waals surface area contributed by atoms with Crippen LogP contribution >= 0.6 is 15.9 Å². The molecule has 0 radical (unpaired) electrons. The Morgan fingerprint density at radius 1 is 0.966 bits per heavy atom. The summed E-state index contributed by atoms with van der Waals surface area (Å²) in [4.78, 5) is 30.6. The minimum absolute atomic E-state index is 0.200. The summed E-state index contributed by atoms with van der Waals surface area (Å²) in [5.74, 6) is -0.410. The largest absolute Gasteiger partial charge is 0.350 e. The molecule has 1 atom stereocenters. The monoisotopic (exact) mass is 447 g/mol. The van der Waals surface area contributed by atoms with Gasteiger partial charge in [-0.1, -0.05) is 45.8 Å². The summed E-state index contributed by atoms with van der Waals surface area (Å²) in [7, 11) is 1.74. The summed E-state index contributed by atoms with van der Waals surface area (Å²) < 4.78 is 0.843. The van der Waals surface area contributed by atoms with Crippen LogP contribution in [0, 0.1) is 6.92 Å². The third-order valence-electron chi connectivity index (χ3n) is 5.63. The molecule has 0 bridgehead atoms. The topological polar surface area (TPSA) is 52.7 Å². The zero-order valence-electron chi connectivity index (χ0n) is 15.9. The van der Waals surface area contributed by atoms with E-state index in [4.69, 9.17) is 0 Å². The molecule has 5 nitrogen and oxygen atoms in total. The highest BCUT2D eigenvalue weighted by Crippen LogP contribution is 2.49. The molecule has 0 saturated carbocycles. The summed E-state index contributed by atoms with van der Waals surface area (Å²) in [5.41, 5.74) is 3.09. The molecule has 6 heteroatoms. The molecule has 1 N–H and O–H groups in total. The molecule has 29 heavy (non-hydrogen) atoms. The summed E-state index contributed by atoms with van der Waals surface area (Å²) in [6.45, 7) is 1.99. The van der Waals surface area contributed by atoms with Gasteiger partial charge in [0.15, 0.2) is 0 Å². The van der Waals surface area contributed by atoms with Gasteiger partial charge < -0.3 is 10.2 Å². The maximum atomic E-state index is 13.7. The van der Waals surface area contributed by atoms with Crippen LogP contribution in [0.3, 0.4) is 0 Å². The highest BCUT2D eigenvalue weighted by Gasteiger charge is 2.59. The number of hydrogen-bond donors (Lipinski definition) is 1. The van der Waals surface area contributed by atoms with Gasteiger partial charge in [-0.3, -0.25) is 14.5 Å². The van der Waals surface area contributed by atoms with Gasteiger partial charge in [-0.25, -0.2) is 0 Å². The fourth-order valence-corrected chi connectivity index (χ4v) is 4.56. The Kier molecular flexibility index (Phi) is 3.83. The highest BCUT2D eigenvalue weighted by atomic mass is 79.9. The van der Waals surface area contributed by atoms with Crippen molar-refractivity contribution in [2.24, 2.45) is 0 Å². The number of aryl methyl sites for hydroxylation is 1. The van der Waals surface area contributed by atoms with Gasteiger partial charge in [0.25, 0.3) is 11.8 Å². The van der Waals surface area contributed by atoms with E-state index in [9.17, 15) is 9.59 Å². The zero-order valence-corrected chi connectivity index (χ0v) is 17.5. The number of carbonyl (C=O) groups excluding carboxylic acids is 2. The number of likely N-dealkylation sites (N-methyl/N-ethyl adjacent to an activating group) is 1. The lowest BCUT2D eigenvalue weighted by molar-refractivity contribution is -0.121. The van der Waals surface area contributed by atoms with E-state index >= 15 is 0 Å². The standard InChI is InChI=1S/C23H18BrN3O2/c1-14-7-10-16(11-8-14)27-21(28)17-5-3-4-6-19(17)25-23(27)18-13-15(24)9-12-20(18)26(2)22(23)29/h3-13,25H,1-2H3/t23-/m0/s1. The second-order valence-corrected chi connectivity index (χ2v) is 8.30. The van der Waals surface area contributed by atoms with E-state index < -0.39 is 5.66 Å². The Labute approximate surface area is 177 Å². The summed E-state index contributed by atoms with van der Waals surface area (Å²) in [6.07, 6.45) is 0. The Morgan fingerprint density at radius 3 is 2.45 bits per heavy atom. The van der Waals surface area contributed by atoms with E-state index in [0.29, 0.717) is 16.9 Å². The molecule has 3 aromatic rings. The van der Waals surface area contributed by atoms with Crippen LogP contribution in [0.1, 0.15) is 21.5 Å². The lowest BCUT2D eigenvalue weighted by atomic mass is 9.92. The van der Waals surface area contributed by atoms with Crippen LogP contribution < -0.4 is 15.1 Å². The SMILES string of the molecule is Cc1ccc(N2C(=O)c3ccccc3N[C@]23C(=O)N(C)c2ccc(Br)cc23)cc1. The van der Waals surface area contributed by atoms with Gasteiger partial charge in [0.1, 0.15) is 0 Å². The van der Waals surface area contributed by atoms with Crippen molar-refractivity contribution in [1.29, 1.82) is 0 Å². The van der Waals surface area contributed by atoms with Crippen molar-refractivity contribution in [2.75, 3.05) is 22.2 Å². The number of nitrogens with one attached hydrogen (secondary N) is 1. The summed E-state index contributed by atoms with van der Waals surface area (Å²) in [5, 5.41) is 3.42. The van der Waals surface area contributed by atoms with Crippen LogP contribution in [0.15, 0.2) is 71.2 Å². The quantitative estimate of drug-likeness (QED) is 0.590. The molecule has 2 heterocycles. The van der Waals surface area contributed by atoms with Crippen LogP contribution in [0.25, 0.3) is 0 Å². The van der Waals surface area contributed by atoms with Gasteiger partial charge in [0.2, 0.25) is 5.66 Å². The molecule has 0 unspecified atom stereocenters. The number of carbonyl (C=O) groups is 2. The van der Waals surface area contributed by atoms with Crippen LogP contribution in [0.5, 0.6) is 0 Å². The lowest BCUT2D eigenvalue weighted by Crippen LogP contribution is -2.62. The number of halogens is 1. The van der Waals surface area contributed by atoms with Crippen molar-refractivity contribution >= 4 is 44.8 Å². The molecular formula is C23H18BrN3O2. The number of anilines is 3. The number of nitrogens with zero attached hydrogens (tertiary/aromatic N) is 2. The first kappa shape index (κ1) is 17.9. The summed E-state index contributed by atoms with van der Waals surface area (Å²) >= 11 is 3.53. The Bertz CT molecular complexity index is 1170. The molecule has 0 aliphatic carbocycles. The average Bonchev–Trinajstić information content (AvgIpc) is 2.91. The van der Waals surface area contributed by atoms with Crippen LogP contribution in [-0.2, 0) is 10.5 Å². The van der Waals surface area contributed by atoms with E-state index in [-0.39, 0.29) is 11.8 Å². The third kappa shape index (κ3) is 2.39. The van der Waals surface area contributed by atoms with E-state index in [1.807, 2.05) is 67.6 Å². The normalized spacial score (nSPS) is 20.0. The Balaban J connectivity index is 1.84. The number of amides is 2. The van der Waals surface area contributed by atoms with Crippen molar-refractivity contribution < 1.29 is 9.59 Å². The van der Waals surface area contributed by atoms with Crippen molar-refractivity contribution in [1.82, 2.24) is 0 Å². The number of fused-ring (bicyclic) bond motifs is 3. The Hall–Kier alpha value is -3.12. The van der Waals surface area contributed by atoms with E-state index in [0.717, 1.165) is 21.3 Å². The van der Waals surface area contributed by atoms with Crippen LogP contribution in [0.4, 0.5) is 17.1 Å². The molecule has 0 aromatic heterocycles. The molecule has 3 aromatic carbocycles. The molecule has 2 aliphatic heterocycles. The maximum absolute atomic E-state index is 13.7. The number of para-hydroxylation sites is 1. The van der Waals surface area contributed by atoms with Crippen molar-refractivity contribution in [2.45, 2.75) is 12.6 Å². The molecule has 5 rings (SSSR count). The second kappa shape index (κ2) is 6.19. The fourth-order valence-electron chi connectivity index (χ4n) is 4.20. The number of benzene rings is 3. The molecule has 1 spiro atoms. The van der Waals surface area contributed by atoms with Crippen molar-refractivity contribution in [3.8, 4) is 0 Å². The molecular weight excluding hydrogens is 430 g/mol. The van der Waals surface area contributed by atoms with E-state index in [2.05, 4.69) is 21.2 Å². The minimum atomic E-state index is -1.35. The minimum Gasteiger partial charge on any atom is -0.350 e. The van der Waals surface area contributed by atoms with Gasteiger partial charge in [0, 0.05) is 28.5 Å². The van der Waals surface area contributed by atoms with Crippen molar-refractivity contribution in [3.63, 3.8) is 0 Å². The first-order chi connectivity index (χ1) is 13.9. The zero-order chi connectivity index (χ0) is 20.3. The maximum Gasteiger partial charge on any atom is 0.278 e. The van der Waals surface area contributed by atoms with Gasteiger partial charge in [-0.2, -0.15) is 0 Å². The molecule has 0 fully saturated rings. The fraction of sp³-hybridized carbons (Fsp3) is 0.130. The predicted molar refractivity (Wildman–Crippen MR) is 117 cm³/mol. The highest BCUT2D eigenvalue weighted by molar-refractivity contribution is 9.10. The molecule has 0 saturated heterocycles. The molecule has 2 aliphatic rings. The summed E-state index contributed by atoms with van der Waals surface area (Å²) in [6, 6.07) is 20.7. The van der Waals surface area contributed by atoms with Crippen LogP contribution in [0.2, 0.25) is 0 Å². The molecule has 2 amide bonds. The van der Waals surface area contributed by atoms with Gasteiger partial charge >= 0.3 is 0 Å². The first-order valence-corrected chi connectivity index (χ1v) is 10.1. The average molecular weight is 448 g/mol. The van der Waals surface area contributed by atoms with E-state index in [1.54, 1.807) is 22.9 Å². The van der Waals surface area contributed by atoms with Gasteiger partial charge in [0.05, 0.1) is 11.3 Å². The predicted octanol–water partition coefficient (Wildman–Crippen LogP) is 4.66. The second-order valence-electron chi connectivity index (χ2n) is 7.38. The smallest absolute Gasteiger partial charge is 0.278 e. The number of hydrogen-bond acceptors (Lipinski definition) is 3. The Morgan fingerprint density at radius 2 is 1.69 bits per heavy atom. The molecule has 144 valence electrons.